The topological polar surface area (TPSA) is 426 Å². The van der Waals surface area contributed by atoms with Gasteiger partial charge in [0.15, 0.2) is 0 Å². The van der Waals surface area contributed by atoms with Crippen LogP contribution in [0.15, 0.2) is 75.9 Å². The standard InChI is InChI=1S/2C6H14O3.C5H12O4.6C3H4O2/c2*1-2-6(3-7,4-8)5-9;6-1-5(2-7,3-8)4-9;6*1-2-3(4)5/h2*7-9H,2-5H2,1H3;6-9H,1-4H2;6*2H,1H2,(H,4,5). The molecule has 0 amide bonds. The van der Waals surface area contributed by atoms with Crippen LogP contribution in [0.2, 0.25) is 0 Å². The first-order valence-electron chi connectivity index (χ1n) is 15.6. The van der Waals surface area contributed by atoms with Crippen LogP contribution >= 0.6 is 0 Å². The highest BCUT2D eigenvalue weighted by molar-refractivity contribution is 5.80. The minimum atomic E-state index is -1.11. The first-order chi connectivity index (χ1) is 26.3. The van der Waals surface area contributed by atoms with Crippen LogP contribution in [0.25, 0.3) is 0 Å². The fraction of sp³-hybridized carbons (Fsp3) is 0.486. The van der Waals surface area contributed by atoms with Gasteiger partial charge in [-0.2, -0.15) is 0 Å². The lowest BCUT2D eigenvalue weighted by molar-refractivity contribution is -0.132. The van der Waals surface area contributed by atoms with E-state index in [2.05, 4.69) is 39.5 Å². The zero-order valence-corrected chi connectivity index (χ0v) is 32.3. The highest BCUT2D eigenvalue weighted by Crippen LogP contribution is 2.19. The van der Waals surface area contributed by atoms with Gasteiger partial charge >= 0.3 is 35.8 Å². The number of aliphatic hydroxyl groups is 10. The van der Waals surface area contributed by atoms with E-state index in [1.165, 1.54) is 0 Å². The molecule has 22 nitrogen and oxygen atoms in total. The van der Waals surface area contributed by atoms with Gasteiger partial charge in [0.1, 0.15) is 0 Å². The van der Waals surface area contributed by atoms with Gasteiger partial charge < -0.3 is 81.7 Å². The number of aliphatic carboxylic acids is 6. The van der Waals surface area contributed by atoms with E-state index in [0.717, 1.165) is 36.5 Å². The van der Waals surface area contributed by atoms with Crippen LogP contribution in [0.3, 0.4) is 0 Å². The molecule has 0 rings (SSSR count). The molecule has 0 fully saturated rings. The first kappa shape index (κ1) is 73.0. The van der Waals surface area contributed by atoms with Crippen molar-refractivity contribution >= 4 is 35.8 Å². The van der Waals surface area contributed by atoms with Crippen molar-refractivity contribution < 1.29 is 110 Å². The lowest BCUT2D eigenvalue weighted by Crippen LogP contribution is -2.37. The summed E-state index contributed by atoms with van der Waals surface area (Å²) in [5.74, 6) is -5.89. The summed E-state index contributed by atoms with van der Waals surface area (Å²) >= 11 is 0. The van der Waals surface area contributed by atoms with Crippen molar-refractivity contribution in [1.82, 2.24) is 0 Å². The van der Waals surface area contributed by atoms with Crippen molar-refractivity contribution in [2.45, 2.75) is 26.7 Å². The maximum absolute atomic E-state index is 9.25. The molecule has 0 saturated carbocycles. The lowest BCUT2D eigenvalue weighted by Gasteiger charge is -2.24. The van der Waals surface area contributed by atoms with E-state index in [4.69, 9.17) is 81.7 Å². The SMILES string of the molecule is C=CC(=O)O.C=CC(=O)O.C=CC(=O)O.C=CC(=O)O.C=CC(=O)O.C=CC(=O)O.CCC(CO)(CO)CO.CCC(CO)(CO)CO.OCC(CO)(CO)CO. The van der Waals surface area contributed by atoms with Crippen molar-refractivity contribution in [3.8, 4) is 0 Å². The summed E-state index contributed by atoms with van der Waals surface area (Å²) in [5, 5.41) is 132. The lowest BCUT2D eigenvalue weighted by atomic mass is 9.88. The molecule has 0 radical (unpaired) electrons. The number of carboxylic acid groups (broad SMARTS) is 6. The van der Waals surface area contributed by atoms with Gasteiger partial charge in [-0.05, 0) is 12.8 Å². The van der Waals surface area contributed by atoms with Gasteiger partial charge in [0.25, 0.3) is 0 Å². The second-order valence-corrected chi connectivity index (χ2v) is 10.0. The summed E-state index contributed by atoms with van der Waals surface area (Å²) in [5.41, 5.74) is -2.44. The number of carbonyl (C=O) groups is 6. The summed E-state index contributed by atoms with van der Waals surface area (Å²) in [6, 6.07) is 0. The van der Waals surface area contributed by atoms with Crippen LogP contribution in [0.4, 0.5) is 0 Å². The molecule has 336 valence electrons. The minimum Gasteiger partial charge on any atom is -0.478 e. The van der Waals surface area contributed by atoms with Crippen molar-refractivity contribution in [1.29, 1.82) is 0 Å². The third-order valence-electron chi connectivity index (χ3n) is 5.90. The van der Waals surface area contributed by atoms with Gasteiger partial charge in [-0.1, -0.05) is 53.3 Å². The highest BCUT2D eigenvalue weighted by Gasteiger charge is 2.27. The van der Waals surface area contributed by atoms with Crippen LogP contribution in [0.5, 0.6) is 0 Å². The largest absolute Gasteiger partial charge is 0.478 e. The van der Waals surface area contributed by atoms with E-state index in [1.54, 1.807) is 0 Å². The first-order valence-corrected chi connectivity index (χ1v) is 15.6. The summed E-state index contributed by atoms with van der Waals surface area (Å²) in [4.78, 5) is 55.5. The molecular weight excluding hydrogens is 772 g/mol. The molecule has 16 N–H and O–H groups in total. The molecule has 0 aliphatic heterocycles. The third kappa shape index (κ3) is 66.1. The number of carboxylic acids is 6. The van der Waals surface area contributed by atoms with Crippen molar-refractivity contribution in [2.24, 2.45) is 16.2 Å². The van der Waals surface area contributed by atoms with E-state index >= 15 is 0 Å². The normalized spacial score (nSPS) is 9.05. The Morgan fingerprint density at radius 2 is 0.404 bits per heavy atom. The molecule has 0 aromatic heterocycles. The van der Waals surface area contributed by atoms with Crippen LogP contribution in [0, 0.1) is 16.2 Å². The fourth-order valence-electron chi connectivity index (χ4n) is 1.27. The molecule has 0 unspecified atom stereocenters. The number of hydrogen-bond acceptors (Lipinski definition) is 16. The van der Waals surface area contributed by atoms with Gasteiger partial charge in [0.05, 0.1) is 71.5 Å². The predicted octanol–water partition coefficient (Wildman–Crippen LogP) is -1.80. The molecule has 0 aliphatic carbocycles. The van der Waals surface area contributed by atoms with Gasteiger partial charge in [0, 0.05) is 47.3 Å². The zero-order chi connectivity index (χ0) is 47.7. The molecule has 0 atom stereocenters. The second kappa shape index (κ2) is 53.0. The molecule has 0 aromatic carbocycles. The molecule has 57 heavy (non-hydrogen) atoms. The smallest absolute Gasteiger partial charge is 0.327 e. The van der Waals surface area contributed by atoms with Gasteiger partial charge in [-0.3, -0.25) is 0 Å². The molecule has 0 aromatic rings. The molecule has 0 heterocycles. The van der Waals surface area contributed by atoms with E-state index in [0.29, 0.717) is 12.8 Å². The van der Waals surface area contributed by atoms with E-state index in [9.17, 15) is 28.8 Å². The van der Waals surface area contributed by atoms with Crippen LogP contribution in [-0.2, 0) is 28.8 Å². The highest BCUT2D eigenvalue weighted by atomic mass is 16.4. The van der Waals surface area contributed by atoms with Crippen molar-refractivity contribution in [3.63, 3.8) is 0 Å². The Morgan fingerprint density at radius 3 is 0.404 bits per heavy atom. The Labute approximate surface area is 331 Å². The number of aliphatic hydroxyl groups excluding tert-OH is 10. The number of rotatable bonds is 18. The Morgan fingerprint density at radius 1 is 0.316 bits per heavy atom. The van der Waals surface area contributed by atoms with Gasteiger partial charge in [-0.15, -0.1) is 0 Å². The molecular formula is C35H64O22. The van der Waals surface area contributed by atoms with Crippen molar-refractivity contribution in [2.75, 3.05) is 66.1 Å². The number of hydrogen-bond donors (Lipinski definition) is 16. The average Bonchev–Trinajstić information content (AvgIpc) is 3.22. The third-order valence-corrected chi connectivity index (χ3v) is 5.90. The van der Waals surface area contributed by atoms with Crippen molar-refractivity contribution in [3.05, 3.63) is 75.9 Å². The quantitative estimate of drug-likeness (QED) is 0.0677. The molecule has 0 saturated heterocycles. The summed E-state index contributed by atoms with van der Waals surface area (Å²) in [7, 11) is 0. The molecule has 0 aliphatic rings. The van der Waals surface area contributed by atoms with Gasteiger partial charge in [-0.25, -0.2) is 28.8 Å². The summed E-state index contributed by atoms with van der Waals surface area (Å²) in [6.45, 7) is 18.8. The van der Waals surface area contributed by atoms with Crippen LogP contribution in [-0.4, -0.2) is 184 Å². The van der Waals surface area contributed by atoms with E-state index < -0.39 is 78.5 Å². The molecule has 22 heteroatoms. The molecule has 0 bridgehead atoms. The Hall–Kier alpha value is -5.14. The maximum Gasteiger partial charge on any atom is 0.327 e. The van der Waals surface area contributed by atoms with E-state index in [1.807, 2.05) is 13.8 Å². The fourth-order valence-corrected chi connectivity index (χ4v) is 1.27. The Bertz CT molecular complexity index is 835. The average molecular weight is 837 g/mol. The summed E-state index contributed by atoms with van der Waals surface area (Å²) < 4.78 is 0. The molecule has 0 spiro atoms. The Balaban J connectivity index is -0.0000000659. The van der Waals surface area contributed by atoms with Crippen LogP contribution < -0.4 is 0 Å². The Kier molecular flexibility index (Phi) is 67.9. The summed E-state index contributed by atoms with van der Waals surface area (Å²) in [6.07, 6.45) is 6.19. The minimum absolute atomic E-state index is 0.156. The van der Waals surface area contributed by atoms with E-state index in [-0.39, 0.29) is 39.6 Å². The second-order valence-electron chi connectivity index (χ2n) is 10.0. The zero-order valence-electron chi connectivity index (χ0n) is 32.3. The monoisotopic (exact) mass is 836 g/mol. The van der Waals surface area contributed by atoms with Crippen LogP contribution in [0.1, 0.15) is 26.7 Å². The maximum atomic E-state index is 9.25. The predicted molar refractivity (Wildman–Crippen MR) is 206 cm³/mol. The van der Waals surface area contributed by atoms with Gasteiger partial charge in [0.2, 0.25) is 0 Å².